The summed E-state index contributed by atoms with van der Waals surface area (Å²) in [6.45, 7) is 4.02. The van der Waals surface area contributed by atoms with E-state index in [1.54, 1.807) is 18.2 Å². The Hall–Kier alpha value is -2.37. The van der Waals surface area contributed by atoms with Crippen LogP contribution in [-0.4, -0.2) is 29.9 Å². The summed E-state index contributed by atoms with van der Waals surface area (Å²) in [7, 11) is 0. The SMILES string of the molecule is C=CCN1C(=O)COc2ccc(NC(=O)C3CCCCC3)nc21. The Labute approximate surface area is 135 Å². The van der Waals surface area contributed by atoms with Gasteiger partial charge in [0.2, 0.25) is 5.91 Å². The first-order chi connectivity index (χ1) is 11.2. The van der Waals surface area contributed by atoms with Gasteiger partial charge in [-0.2, -0.15) is 0 Å². The predicted octanol–water partition coefficient (Wildman–Crippen LogP) is 2.51. The molecule has 2 aliphatic rings. The molecule has 0 aromatic carbocycles. The van der Waals surface area contributed by atoms with Crippen molar-refractivity contribution in [2.24, 2.45) is 5.92 Å². The number of hydrogen-bond acceptors (Lipinski definition) is 4. The molecule has 6 heteroatoms. The van der Waals surface area contributed by atoms with Gasteiger partial charge in [0.25, 0.3) is 5.91 Å². The second kappa shape index (κ2) is 6.81. The fourth-order valence-corrected chi connectivity index (χ4v) is 3.06. The summed E-state index contributed by atoms with van der Waals surface area (Å²) < 4.78 is 5.39. The Balaban J connectivity index is 1.77. The van der Waals surface area contributed by atoms with E-state index in [4.69, 9.17) is 4.74 Å². The highest BCUT2D eigenvalue weighted by Gasteiger charge is 2.27. The minimum Gasteiger partial charge on any atom is -0.480 e. The maximum absolute atomic E-state index is 12.3. The molecule has 1 aliphatic heterocycles. The molecule has 0 unspecified atom stereocenters. The molecule has 0 radical (unpaired) electrons. The van der Waals surface area contributed by atoms with Gasteiger partial charge in [0.15, 0.2) is 18.2 Å². The first kappa shape index (κ1) is 15.5. The van der Waals surface area contributed by atoms with E-state index in [-0.39, 0.29) is 24.3 Å². The molecule has 0 atom stereocenters. The van der Waals surface area contributed by atoms with Crippen LogP contribution in [0.5, 0.6) is 5.75 Å². The van der Waals surface area contributed by atoms with Gasteiger partial charge in [0.1, 0.15) is 5.82 Å². The Kier molecular flexibility index (Phi) is 4.60. The number of carbonyl (C=O) groups excluding carboxylic acids is 2. The quantitative estimate of drug-likeness (QED) is 0.867. The minimum atomic E-state index is -0.166. The summed E-state index contributed by atoms with van der Waals surface area (Å²) in [5.41, 5.74) is 0. The van der Waals surface area contributed by atoms with E-state index in [9.17, 15) is 9.59 Å². The van der Waals surface area contributed by atoms with E-state index in [0.717, 1.165) is 25.7 Å². The summed E-state index contributed by atoms with van der Waals surface area (Å²) in [5.74, 6) is 1.33. The van der Waals surface area contributed by atoms with Gasteiger partial charge in [-0.05, 0) is 25.0 Å². The van der Waals surface area contributed by atoms with Crippen molar-refractivity contribution in [1.29, 1.82) is 0 Å². The van der Waals surface area contributed by atoms with Gasteiger partial charge in [-0.1, -0.05) is 25.3 Å². The molecule has 23 heavy (non-hydrogen) atoms. The molecule has 122 valence electrons. The first-order valence-electron chi connectivity index (χ1n) is 8.05. The maximum Gasteiger partial charge on any atom is 0.266 e. The fourth-order valence-electron chi connectivity index (χ4n) is 3.06. The fraction of sp³-hybridized carbons (Fsp3) is 0.471. The molecule has 0 bridgehead atoms. The van der Waals surface area contributed by atoms with Crippen LogP contribution in [0.2, 0.25) is 0 Å². The molecule has 1 aromatic heterocycles. The summed E-state index contributed by atoms with van der Waals surface area (Å²) in [4.78, 5) is 30.2. The van der Waals surface area contributed by atoms with E-state index in [2.05, 4.69) is 16.9 Å². The molecule has 6 nitrogen and oxygen atoms in total. The number of rotatable bonds is 4. The monoisotopic (exact) mass is 315 g/mol. The normalized spacial score (nSPS) is 18.1. The summed E-state index contributed by atoms with van der Waals surface area (Å²) in [6, 6.07) is 3.45. The molecule has 1 aliphatic carbocycles. The van der Waals surface area contributed by atoms with Crippen LogP contribution in [0.1, 0.15) is 32.1 Å². The lowest BCUT2D eigenvalue weighted by atomic mass is 9.89. The molecule has 2 amide bonds. The first-order valence-corrected chi connectivity index (χ1v) is 8.05. The van der Waals surface area contributed by atoms with Crippen LogP contribution in [0, 0.1) is 5.92 Å². The third kappa shape index (κ3) is 3.36. The van der Waals surface area contributed by atoms with Crippen molar-refractivity contribution < 1.29 is 14.3 Å². The lowest BCUT2D eigenvalue weighted by molar-refractivity contribution is -0.121. The van der Waals surface area contributed by atoms with Crippen LogP contribution < -0.4 is 15.0 Å². The molecule has 3 rings (SSSR count). The molecular weight excluding hydrogens is 294 g/mol. The van der Waals surface area contributed by atoms with Crippen LogP contribution in [0.4, 0.5) is 11.6 Å². The number of ether oxygens (including phenoxy) is 1. The average molecular weight is 315 g/mol. The molecular formula is C17H21N3O3. The van der Waals surface area contributed by atoms with Crippen LogP contribution in [0.15, 0.2) is 24.8 Å². The Morgan fingerprint density at radius 1 is 1.39 bits per heavy atom. The number of nitrogens with zero attached hydrogens (tertiary/aromatic N) is 2. The smallest absolute Gasteiger partial charge is 0.266 e. The Morgan fingerprint density at radius 3 is 2.91 bits per heavy atom. The second-order valence-electron chi connectivity index (χ2n) is 5.92. The van der Waals surface area contributed by atoms with Crippen LogP contribution in [-0.2, 0) is 9.59 Å². The van der Waals surface area contributed by atoms with Gasteiger partial charge in [0.05, 0.1) is 0 Å². The summed E-state index contributed by atoms with van der Waals surface area (Å²) >= 11 is 0. The van der Waals surface area contributed by atoms with Gasteiger partial charge in [0, 0.05) is 12.5 Å². The Morgan fingerprint density at radius 2 is 2.17 bits per heavy atom. The van der Waals surface area contributed by atoms with E-state index in [0.29, 0.717) is 23.9 Å². The molecule has 1 N–H and O–H groups in total. The van der Waals surface area contributed by atoms with E-state index < -0.39 is 0 Å². The van der Waals surface area contributed by atoms with Crippen LogP contribution in [0.25, 0.3) is 0 Å². The number of amides is 2. The molecule has 0 spiro atoms. The second-order valence-corrected chi connectivity index (χ2v) is 5.92. The average Bonchev–Trinajstić information content (AvgIpc) is 2.58. The molecule has 2 heterocycles. The number of fused-ring (bicyclic) bond motifs is 1. The number of aromatic nitrogens is 1. The molecule has 1 fully saturated rings. The largest absolute Gasteiger partial charge is 0.480 e. The maximum atomic E-state index is 12.3. The highest BCUT2D eigenvalue weighted by atomic mass is 16.5. The van der Waals surface area contributed by atoms with Gasteiger partial charge >= 0.3 is 0 Å². The van der Waals surface area contributed by atoms with E-state index in [1.165, 1.54) is 11.3 Å². The summed E-state index contributed by atoms with van der Waals surface area (Å²) in [6.07, 6.45) is 6.91. The highest BCUT2D eigenvalue weighted by molar-refractivity contribution is 5.98. The number of nitrogens with one attached hydrogen (secondary N) is 1. The van der Waals surface area contributed by atoms with Gasteiger partial charge in [-0.25, -0.2) is 4.98 Å². The third-order valence-corrected chi connectivity index (χ3v) is 4.29. The lowest BCUT2D eigenvalue weighted by Crippen LogP contribution is -2.39. The zero-order valence-electron chi connectivity index (χ0n) is 13.1. The molecule has 1 aromatic rings. The van der Waals surface area contributed by atoms with Gasteiger partial charge in [-0.15, -0.1) is 6.58 Å². The van der Waals surface area contributed by atoms with Crippen molar-refractivity contribution in [2.45, 2.75) is 32.1 Å². The third-order valence-electron chi connectivity index (χ3n) is 4.29. The number of carbonyl (C=O) groups is 2. The van der Waals surface area contributed by atoms with Crippen molar-refractivity contribution in [2.75, 3.05) is 23.4 Å². The van der Waals surface area contributed by atoms with Gasteiger partial charge < -0.3 is 10.1 Å². The number of hydrogen-bond donors (Lipinski definition) is 1. The highest BCUT2D eigenvalue weighted by Crippen LogP contribution is 2.32. The summed E-state index contributed by atoms with van der Waals surface area (Å²) in [5, 5.41) is 2.87. The zero-order valence-corrected chi connectivity index (χ0v) is 13.1. The van der Waals surface area contributed by atoms with Crippen molar-refractivity contribution in [3.05, 3.63) is 24.8 Å². The van der Waals surface area contributed by atoms with Gasteiger partial charge in [-0.3, -0.25) is 14.5 Å². The van der Waals surface area contributed by atoms with E-state index >= 15 is 0 Å². The number of anilines is 2. The predicted molar refractivity (Wildman–Crippen MR) is 87.5 cm³/mol. The Bertz CT molecular complexity index is 624. The van der Waals surface area contributed by atoms with Crippen molar-refractivity contribution >= 4 is 23.5 Å². The van der Waals surface area contributed by atoms with E-state index in [1.807, 2.05) is 0 Å². The van der Waals surface area contributed by atoms with Crippen molar-refractivity contribution in [3.8, 4) is 5.75 Å². The lowest BCUT2D eigenvalue weighted by Gasteiger charge is -2.27. The van der Waals surface area contributed by atoms with Crippen molar-refractivity contribution in [3.63, 3.8) is 0 Å². The zero-order chi connectivity index (χ0) is 16.2. The number of pyridine rings is 1. The molecule has 1 saturated carbocycles. The van der Waals surface area contributed by atoms with Crippen LogP contribution >= 0.6 is 0 Å². The van der Waals surface area contributed by atoms with Crippen molar-refractivity contribution in [1.82, 2.24) is 4.98 Å². The topological polar surface area (TPSA) is 71.5 Å². The van der Waals surface area contributed by atoms with Crippen LogP contribution in [0.3, 0.4) is 0 Å². The molecule has 0 saturated heterocycles. The standard InChI is InChI=1S/C17H21N3O3/c1-2-10-20-15(21)11-23-13-8-9-14(18-16(13)20)19-17(22)12-6-4-3-5-7-12/h2,8-9,12H,1,3-7,10-11H2,(H,18,19,22). The minimum absolute atomic E-state index is 0.00367.